The van der Waals surface area contributed by atoms with E-state index in [1.165, 1.54) is 9.80 Å². The monoisotopic (exact) mass is 320 g/mol. The van der Waals surface area contributed by atoms with Crippen LogP contribution in [-0.2, 0) is 9.59 Å². The van der Waals surface area contributed by atoms with Crippen LogP contribution in [0.3, 0.4) is 0 Å². The number of nitrogens with zero attached hydrogens (tertiary/aromatic N) is 3. The first-order valence-electron chi connectivity index (χ1n) is 7.21. The van der Waals surface area contributed by atoms with Crippen molar-refractivity contribution in [2.45, 2.75) is 0 Å². The lowest BCUT2D eigenvalue weighted by Gasteiger charge is -2.18. The molecular formula is C16H24N4O3. The minimum Gasteiger partial charge on any atom is -0.348 e. The summed E-state index contributed by atoms with van der Waals surface area (Å²) in [6.07, 6.45) is 0. The van der Waals surface area contributed by atoms with Gasteiger partial charge in [-0.2, -0.15) is 0 Å². The zero-order valence-electron chi connectivity index (χ0n) is 14.3. The summed E-state index contributed by atoms with van der Waals surface area (Å²) in [5.41, 5.74) is 1.17. The van der Waals surface area contributed by atoms with Gasteiger partial charge in [-0.25, -0.2) is 0 Å². The Morgan fingerprint density at radius 1 is 0.870 bits per heavy atom. The van der Waals surface area contributed by atoms with Crippen molar-refractivity contribution >= 4 is 23.4 Å². The van der Waals surface area contributed by atoms with Gasteiger partial charge in [0.2, 0.25) is 11.8 Å². The predicted molar refractivity (Wildman–Crippen MR) is 89.3 cm³/mol. The summed E-state index contributed by atoms with van der Waals surface area (Å²) in [6, 6.07) is 6.69. The fourth-order valence-electron chi connectivity index (χ4n) is 1.83. The maximum Gasteiger partial charge on any atom is 0.253 e. The van der Waals surface area contributed by atoms with Crippen molar-refractivity contribution in [3.05, 3.63) is 29.8 Å². The van der Waals surface area contributed by atoms with Crippen molar-refractivity contribution in [1.29, 1.82) is 0 Å². The number of anilines is 1. The summed E-state index contributed by atoms with van der Waals surface area (Å²) in [7, 11) is 8.42. The van der Waals surface area contributed by atoms with E-state index < -0.39 is 0 Å². The molecule has 0 fully saturated rings. The van der Waals surface area contributed by atoms with Crippen LogP contribution in [0.25, 0.3) is 0 Å². The molecule has 0 heterocycles. The van der Waals surface area contributed by atoms with E-state index in [1.807, 2.05) is 0 Å². The molecule has 0 aliphatic rings. The molecule has 0 aliphatic heterocycles. The minimum atomic E-state index is -0.217. The van der Waals surface area contributed by atoms with Crippen molar-refractivity contribution in [2.24, 2.45) is 0 Å². The van der Waals surface area contributed by atoms with Crippen molar-refractivity contribution < 1.29 is 14.4 Å². The molecular weight excluding hydrogens is 296 g/mol. The quantitative estimate of drug-likeness (QED) is 0.821. The first-order valence-corrected chi connectivity index (χ1v) is 7.21. The van der Waals surface area contributed by atoms with Crippen LogP contribution in [-0.4, -0.2) is 80.7 Å². The van der Waals surface area contributed by atoms with E-state index >= 15 is 0 Å². The molecule has 3 amide bonds. The molecule has 1 N–H and O–H groups in total. The first-order chi connectivity index (χ1) is 10.7. The van der Waals surface area contributed by atoms with E-state index in [0.29, 0.717) is 11.3 Å². The number of hydrogen-bond donors (Lipinski definition) is 1. The molecule has 0 saturated carbocycles. The lowest BCUT2D eigenvalue weighted by molar-refractivity contribution is -0.130. The fourth-order valence-corrected chi connectivity index (χ4v) is 1.83. The number of rotatable bonds is 6. The van der Waals surface area contributed by atoms with Crippen LogP contribution in [0.2, 0.25) is 0 Å². The highest BCUT2D eigenvalue weighted by Crippen LogP contribution is 2.10. The summed E-state index contributed by atoms with van der Waals surface area (Å²) in [4.78, 5) is 39.9. The Labute approximate surface area is 136 Å². The number of benzene rings is 1. The molecule has 1 aromatic carbocycles. The lowest BCUT2D eigenvalue weighted by atomic mass is 10.2. The smallest absolute Gasteiger partial charge is 0.253 e. The molecule has 0 atom stereocenters. The van der Waals surface area contributed by atoms with Gasteiger partial charge in [-0.1, -0.05) is 0 Å². The molecule has 0 aliphatic carbocycles. The Kier molecular flexibility index (Phi) is 6.71. The summed E-state index contributed by atoms with van der Waals surface area (Å²) < 4.78 is 0. The van der Waals surface area contributed by atoms with Crippen LogP contribution < -0.4 is 5.32 Å². The van der Waals surface area contributed by atoms with Crippen LogP contribution in [0.15, 0.2) is 24.3 Å². The number of likely N-dealkylation sites (N-methyl/N-ethyl adjacent to an activating group) is 2. The predicted octanol–water partition coefficient (Wildman–Crippen LogP) is 0.347. The second-order valence-corrected chi connectivity index (χ2v) is 5.79. The Morgan fingerprint density at radius 3 is 1.91 bits per heavy atom. The Morgan fingerprint density at radius 2 is 1.43 bits per heavy atom. The van der Waals surface area contributed by atoms with Gasteiger partial charge in [0, 0.05) is 39.4 Å². The third-order valence-corrected chi connectivity index (χ3v) is 3.14. The van der Waals surface area contributed by atoms with E-state index in [0.717, 1.165) is 0 Å². The van der Waals surface area contributed by atoms with E-state index in [4.69, 9.17) is 0 Å². The highest BCUT2D eigenvalue weighted by Gasteiger charge is 2.12. The molecule has 0 unspecified atom stereocenters. The third kappa shape index (κ3) is 6.07. The molecule has 126 valence electrons. The van der Waals surface area contributed by atoms with Crippen LogP contribution in [0.1, 0.15) is 10.4 Å². The topological polar surface area (TPSA) is 73.0 Å². The molecule has 0 spiro atoms. The Bertz CT molecular complexity index is 567. The largest absolute Gasteiger partial charge is 0.348 e. The van der Waals surface area contributed by atoms with Crippen LogP contribution in [0.4, 0.5) is 5.69 Å². The van der Waals surface area contributed by atoms with Gasteiger partial charge in [0.1, 0.15) is 0 Å². The minimum absolute atomic E-state index is 0.0631. The number of amides is 3. The van der Waals surface area contributed by atoms with Gasteiger partial charge in [0.05, 0.1) is 13.1 Å². The van der Waals surface area contributed by atoms with E-state index in [9.17, 15) is 14.4 Å². The molecule has 0 aromatic heterocycles. The number of carbonyl (C=O) groups is 3. The highest BCUT2D eigenvalue weighted by atomic mass is 16.2. The van der Waals surface area contributed by atoms with Gasteiger partial charge >= 0.3 is 0 Å². The highest BCUT2D eigenvalue weighted by molar-refractivity contribution is 5.96. The average molecular weight is 320 g/mol. The number of carbonyl (C=O) groups excluding carboxylic acids is 3. The van der Waals surface area contributed by atoms with Crippen LogP contribution in [0.5, 0.6) is 0 Å². The third-order valence-electron chi connectivity index (χ3n) is 3.14. The molecule has 23 heavy (non-hydrogen) atoms. The zero-order valence-corrected chi connectivity index (χ0v) is 14.3. The second kappa shape index (κ2) is 8.28. The van der Waals surface area contributed by atoms with Crippen LogP contribution >= 0.6 is 0 Å². The maximum absolute atomic E-state index is 11.9. The van der Waals surface area contributed by atoms with Crippen molar-refractivity contribution in [1.82, 2.24) is 14.7 Å². The van der Waals surface area contributed by atoms with Gasteiger partial charge in [-0.05, 0) is 31.3 Å². The summed E-state index contributed by atoms with van der Waals surface area (Å²) >= 11 is 0. The van der Waals surface area contributed by atoms with Crippen molar-refractivity contribution in [2.75, 3.05) is 53.6 Å². The van der Waals surface area contributed by atoms with Gasteiger partial charge in [0.15, 0.2) is 0 Å². The summed E-state index contributed by atoms with van der Waals surface area (Å²) in [5.74, 6) is -0.373. The summed E-state index contributed by atoms with van der Waals surface area (Å²) in [5, 5.41) is 2.74. The molecule has 1 rings (SSSR count). The standard InChI is InChI=1S/C16H24N4O3/c1-18(2)15(22)11-20(5)10-14(21)17-13-8-6-12(7-9-13)16(23)19(3)4/h6-9H,10-11H2,1-5H3,(H,17,21). The molecule has 7 heteroatoms. The maximum atomic E-state index is 11.9. The normalized spacial score (nSPS) is 10.3. The zero-order chi connectivity index (χ0) is 17.6. The molecule has 0 radical (unpaired) electrons. The fraction of sp³-hybridized carbons (Fsp3) is 0.438. The number of hydrogen-bond acceptors (Lipinski definition) is 4. The SMILES string of the molecule is CN(CC(=O)Nc1ccc(C(=O)N(C)C)cc1)CC(=O)N(C)C. The van der Waals surface area contributed by atoms with Gasteiger partial charge in [-0.15, -0.1) is 0 Å². The molecule has 7 nitrogen and oxygen atoms in total. The molecule has 1 aromatic rings. The van der Waals surface area contributed by atoms with E-state index in [-0.39, 0.29) is 30.8 Å². The number of nitrogens with one attached hydrogen (secondary N) is 1. The molecule has 0 saturated heterocycles. The lowest BCUT2D eigenvalue weighted by Crippen LogP contribution is -2.38. The summed E-state index contributed by atoms with van der Waals surface area (Å²) in [6.45, 7) is 0.286. The Balaban J connectivity index is 2.54. The van der Waals surface area contributed by atoms with E-state index in [2.05, 4.69) is 5.32 Å². The van der Waals surface area contributed by atoms with Crippen molar-refractivity contribution in [3.63, 3.8) is 0 Å². The average Bonchev–Trinajstić information content (AvgIpc) is 2.46. The van der Waals surface area contributed by atoms with Crippen molar-refractivity contribution in [3.8, 4) is 0 Å². The van der Waals surface area contributed by atoms with E-state index in [1.54, 1.807) is 64.4 Å². The van der Waals surface area contributed by atoms with Crippen LogP contribution in [0, 0.1) is 0 Å². The Hall–Kier alpha value is -2.41. The molecule has 0 bridgehead atoms. The van der Waals surface area contributed by atoms with Gasteiger partial charge in [-0.3, -0.25) is 19.3 Å². The first kappa shape index (κ1) is 18.6. The van der Waals surface area contributed by atoms with Gasteiger partial charge < -0.3 is 15.1 Å². The second-order valence-electron chi connectivity index (χ2n) is 5.79. The van der Waals surface area contributed by atoms with Gasteiger partial charge in [0.25, 0.3) is 5.91 Å².